The number of rotatable bonds is 7. The SMILES string of the molecule is CCNC(=NCc1cccc(C(=O)N2CCCCC2)c1)NCC1(c2ccccc2F)CC1. The summed E-state index contributed by atoms with van der Waals surface area (Å²) in [5.41, 5.74) is 2.36. The van der Waals surface area contributed by atoms with Crippen LogP contribution in [0, 0.1) is 5.82 Å². The largest absolute Gasteiger partial charge is 0.357 e. The van der Waals surface area contributed by atoms with Crippen LogP contribution >= 0.6 is 0 Å². The number of benzene rings is 2. The Labute approximate surface area is 190 Å². The van der Waals surface area contributed by atoms with Crippen molar-refractivity contribution in [2.45, 2.75) is 51.0 Å². The Hall–Kier alpha value is -2.89. The summed E-state index contributed by atoms with van der Waals surface area (Å²) in [7, 11) is 0. The van der Waals surface area contributed by atoms with Crippen molar-refractivity contribution in [2.75, 3.05) is 26.2 Å². The van der Waals surface area contributed by atoms with Crippen molar-refractivity contribution in [3.05, 3.63) is 71.0 Å². The lowest BCUT2D eigenvalue weighted by atomic mass is 9.95. The fourth-order valence-corrected chi connectivity index (χ4v) is 4.43. The molecule has 2 fully saturated rings. The van der Waals surface area contributed by atoms with Crippen LogP contribution in [0.5, 0.6) is 0 Å². The minimum atomic E-state index is -0.150. The van der Waals surface area contributed by atoms with Gasteiger partial charge in [0.25, 0.3) is 5.91 Å². The molecule has 2 aliphatic rings. The monoisotopic (exact) mass is 436 g/mol. The van der Waals surface area contributed by atoms with Crippen LogP contribution in [0.1, 0.15) is 60.5 Å². The molecule has 0 bridgehead atoms. The fourth-order valence-electron chi connectivity index (χ4n) is 4.43. The van der Waals surface area contributed by atoms with Crippen LogP contribution in [0.3, 0.4) is 0 Å². The summed E-state index contributed by atoms with van der Waals surface area (Å²) in [4.78, 5) is 19.5. The van der Waals surface area contributed by atoms with E-state index in [1.54, 1.807) is 6.07 Å². The van der Waals surface area contributed by atoms with Crippen molar-refractivity contribution in [3.63, 3.8) is 0 Å². The van der Waals surface area contributed by atoms with E-state index in [0.29, 0.717) is 19.0 Å². The number of nitrogens with zero attached hydrogens (tertiary/aromatic N) is 2. The third kappa shape index (κ3) is 5.29. The number of guanidine groups is 1. The Bertz CT molecular complexity index is 964. The van der Waals surface area contributed by atoms with E-state index in [-0.39, 0.29) is 17.1 Å². The van der Waals surface area contributed by atoms with Gasteiger partial charge in [-0.3, -0.25) is 4.79 Å². The lowest BCUT2D eigenvalue weighted by Crippen LogP contribution is -2.41. The van der Waals surface area contributed by atoms with E-state index in [1.165, 1.54) is 12.5 Å². The number of likely N-dealkylation sites (tertiary alicyclic amines) is 1. The molecule has 0 radical (unpaired) electrons. The molecule has 0 unspecified atom stereocenters. The van der Waals surface area contributed by atoms with Gasteiger partial charge in [-0.15, -0.1) is 0 Å². The summed E-state index contributed by atoms with van der Waals surface area (Å²) in [6.07, 6.45) is 5.32. The first-order valence-electron chi connectivity index (χ1n) is 11.8. The Morgan fingerprint density at radius 3 is 2.56 bits per heavy atom. The molecule has 170 valence electrons. The maximum Gasteiger partial charge on any atom is 0.253 e. The zero-order chi connectivity index (χ0) is 22.4. The van der Waals surface area contributed by atoms with Crippen LogP contribution in [0.15, 0.2) is 53.5 Å². The summed E-state index contributed by atoms with van der Waals surface area (Å²) in [5.74, 6) is 0.688. The number of hydrogen-bond donors (Lipinski definition) is 2. The molecule has 5 nitrogen and oxygen atoms in total. The van der Waals surface area contributed by atoms with E-state index in [0.717, 1.165) is 62.0 Å². The first-order valence-corrected chi connectivity index (χ1v) is 11.8. The predicted octanol–water partition coefficient (Wildman–Crippen LogP) is 4.24. The molecule has 1 saturated heterocycles. The summed E-state index contributed by atoms with van der Waals surface area (Å²) < 4.78 is 14.3. The van der Waals surface area contributed by atoms with Crippen LogP contribution in [-0.4, -0.2) is 42.9 Å². The molecule has 2 N–H and O–H groups in total. The topological polar surface area (TPSA) is 56.7 Å². The van der Waals surface area contributed by atoms with Gasteiger partial charge in [0.1, 0.15) is 5.82 Å². The molecule has 4 rings (SSSR count). The highest BCUT2D eigenvalue weighted by Gasteiger charge is 2.45. The van der Waals surface area contributed by atoms with Gasteiger partial charge in [0.2, 0.25) is 0 Å². The van der Waals surface area contributed by atoms with Crippen LogP contribution in [0.2, 0.25) is 0 Å². The second-order valence-electron chi connectivity index (χ2n) is 8.86. The molecule has 0 aromatic heterocycles. The van der Waals surface area contributed by atoms with Gasteiger partial charge in [-0.05, 0) is 68.4 Å². The number of carbonyl (C=O) groups excluding carboxylic acids is 1. The first-order chi connectivity index (χ1) is 15.6. The third-order valence-electron chi connectivity index (χ3n) is 6.47. The maximum absolute atomic E-state index is 14.3. The Balaban J connectivity index is 1.40. The van der Waals surface area contributed by atoms with Crippen LogP contribution in [0.25, 0.3) is 0 Å². The molecule has 6 heteroatoms. The molecule has 32 heavy (non-hydrogen) atoms. The van der Waals surface area contributed by atoms with Gasteiger partial charge in [-0.2, -0.15) is 0 Å². The third-order valence-corrected chi connectivity index (χ3v) is 6.47. The number of aliphatic imine (C=N–C) groups is 1. The molecular weight excluding hydrogens is 403 g/mol. The molecule has 0 spiro atoms. The number of piperidine rings is 1. The molecule has 1 aliphatic carbocycles. The van der Waals surface area contributed by atoms with Gasteiger partial charge >= 0.3 is 0 Å². The zero-order valence-corrected chi connectivity index (χ0v) is 18.9. The van der Waals surface area contributed by atoms with E-state index in [1.807, 2.05) is 48.2 Å². The highest BCUT2D eigenvalue weighted by molar-refractivity contribution is 5.94. The van der Waals surface area contributed by atoms with Gasteiger partial charge < -0.3 is 15.5 Å². The van der Waals surface area contributed by atoms with Gasteiger partial charge in [0.15, 0.2) is 5.96 Å². The summed E-state index contributed by atoms with van der Waals surface area (Å²) in [6, 6.07) is 14.8. The van der Waals surface area contributed by atoms with Crippen LogP contribution < -0.4 is 10.6 Å². The van der Waals surface area contributed by atoms with E-state index in [2.05, 4.69) is 10.6 Å². The van der Waals surface area contributed by atoms with Crippen LogP contribution in [-0.2, 0) is 12.0 Å². The molecule has 1 amide bonds. The smallest absolute Gasteiger partial charge is 0.253 e. The number of nitrogens with one attached hydrogen (secondary N) is 2. The van der Waals surface area contributed by atoms with Gasteiger partial charge in [0, 0.05) is 37.2 Å². The van der Waals surface area contributed by atoms with Crippen LogP contribution in [0.4, 0.5) is 4.39 Å². The second-order valence-corrected chi connectivity index (χ2v) is 8.86. The highest BCUT2D eigenvalue weighted by atomic mass is 19.1. The standard InChI is InChI=1S/C26H33FN4O/c1-2-28-25(30-19-26(13-14-26)22-11-4-5-12-23(22)27)29-18-20-9-8-10-21(17-20)24(32)31-15-6-3-7-16-31/h4-5,8-12,17H,2-3,6-7,13-16,18-19H2,1H3,(H2,28,29,30). The first kappa shape index (κ1) is 22.3. The molecule has 1 saturated carbocycles. The average molecular weight is 437 g/mol. The molecule has 1 aliphatic heterocycles. The number of halogens is 1. The lowest BCUT2D eigenvalue weighted by Gasteiger charge is -2.26. The Kier molecular flexibility index (Phi) is 7.08. The normalized spacial score (nSPS) is 17.7. The van der Waals surface area contributed by atoms with Crippen molar-refractivity contribution in [2.24, 2.45) is 4.99 Å². The quantitative estimate of drug-likeness (QED) is 0.504. The number of carbonyl (C=O) groups is 1. The van der Waals surface area contributed by atoms with Crippen molar-refractivity contribution in [1.29, 1.82) is 0 Å². The predicted molar refractivity (Wildman–Crippen MR) is 126 cm³/mol. The van der Waals surface area contributed by atoms with Gasteiger partial charge in [-0.25, -0.2) is 9.38 Å². The lowest BCUT2D eigenvalue weighted by molar-refractivity contribution is 0.0724. The van der Waals surface area contributed by atoms with E-state index >= 15 is 0 Å². The average Bonchev–Trinajstić information content (AvgIpc) is 3.62. The maximum atomic E-state index is 14.3. The van der Waals surface area contributed by atoms with Gasteiger partial charge in [-0.1, -0.05) is 30.3 Å². The molecule has 2 aromatic carbocycles. The summed E-state index contributed by atoms with van der Waals surface area (Å²) in [5, 5.41) is 6.68. The molecule has 2 aromatic rings. The summed E-state index contributed by atoms with van der Waals surface area (Å²) in [6.45, 7) is 5.58. The zero-order valence-electron chi connectivity index (χ0n) is 18.9. The minimum Gasteiger partial charge on any atom is -0.357 e. The molecule has 1 heterocycles. The van der Waals surface area contributed by atoms with E-state index < -0.39 is 0 Å². The fraction of sp³-hybridized carbons (Fsp3) is 0.462. The van der Waals surface area contributed by atoms with E-state index in [9.17, 15) is 9.18 Å². The van der Waals surface area contributed by atoms with Crippen molar-refractivity contribution < 1.29 is 9.18 Å². The Morgan fingerprint density at radius 2 is 1.84 bits per heavy atom. The Morgan fingerprint density at radius 1 is 1.06 bits per heavy atom. The van der Waals surface area contributed by atoms with Crippen molar-refractivity contribution >= 4 is 11.9 Å². The van der Waals surface area contributed by atoms with Gasteiger partial charge in [0.05, 0.1) is 6.54 Å². The second kappa shape index (κ2) is 10.2. The highest BCUT2D eigenvalue weighted by Crippen LogP contribution is 2.48. The number of amides is 1. The van der Waals surface area contributed by atoms with Crippen molar-refractivity contribution in [1.82, 2.24) is 15.5 Å². The number of hydrogen-bond acceptors (Lipinski definition) is 2. The minimum absolute atomic E-state index is 0.112. The van der Waals surface area contributed by atoms with E-state index in [4.69, 9.17) is 4.99 Å². The molecular formula is C26H33FN4O. The summed E-state index contributed by atoms with van der Waals surface area (Å²) >= 11 is 0. The van der Waals surface area contributed by atoms with Crippen molar-refractivity contribution in [3.8, 4) is 0 Å². The molecule has 0 atom stereocenters.